The number of rotatable bonds is 2. The number of nitrogens with one attached hydrogen (secondary N) is 2. The molecule has 0 aromatic heterocycles. The van der Waals surface area contributed by atoms with Crippen LogP contribution in [0.25, 0.3) is 0 Å². The quantitative estimate of drug-likeness (QED) is 0.347. The Kier molecular flexibility index (Phi) is 4.77. The van der Waals surface area contributed by atoms with Gasteiger partial charge in [0.1, 0.15) is 5.60 Å². The van der Waals surface area contributed by atoms with Crippen LogP contribution in [0.3, 0.4) is 0 Å². The molecule has 168 valence electrons. The Labute approximate surface area is 179 Å². The van der Waals surface area contributed by atoms with E-state index in [4.69, 9.17) is 0 Å². The van der Waals surface area contributed by atoms with E-state index >= 15 is 0 Å². The van der Waals surface area contributed by atoms with Gasteiger partial charge in [-0.2, -0.15) is 5.10 Å². The van der Waals surface area contributed by atoms with Crippen molar-refractivity contribution in [2.45, 2.75) is 88.9 Å². The third-order valence-corrected chi connectivity index (χ3v) is 10.2. The summed E-state index contributed by atoms with van der Waals surface area (Å²) in [6, 6.07) is 0. The number of aliphatic hydroxyl groups is 3. The lowest BCUT2D eigenvalue weighted by Crippen LogP contribution is -2.65. The van der Waals surface area contributed by atoms with Gasteiger partial charge in [-0.05, 0) is 81.0 Å². The van der Waals surface area contributed by atoms with Gasteiger partial charge < -0.3 is 20.6 Å². The van der Waals surface area contributed by atoms with E-state index in [2.05, 4.69) is 34.7 Å². The molecule has 0 amide bonds. The molecule has 4 fully saturated rings. The molecule has 30 heavy (non-hydrogen) atoms. The zero-order valence-electron chi connectivity index (χ0n) is 18.4. The summed E-state index contributed by atoms with van der Waals surface area (Å²) in [5.41, 5.74) is 0.503. The second kappa shape index (κ2) is 6.91. The summed E-state index contributed by atoms with van der Waals surface area (Å²) in [5, 5.41) is 41.4. The van der Waals surface area contributed by atoms with Crippen LogP contribution in [0.2, 0.25) is 0 Å². The predicted octanol–water partition coefficient (Wildman–Crippen LogP) is 1.77. The standard InChI is InChI=1S/C23H38N4O3/c1-20-7-5-16(28)13-15(20)3-4-18-17(20)6-8-21(2)22(29,9-10-23(18,21)30)14-26-27-19-24-11-12-25-19/h14-18,28-30H,3-13H2,1-2H3,(H2,24,25,27)/b26-14+/t15-,16+,17+,18-,20+,21-,22+,23+/m1/s1. The Balaban J connectivity index is 1.39. The average molecular weight is 419 g/mol. The molecule has 1 aliphatic heterocycles. The van der Waals surface area contributed by atoms with Crippen molar-refractivity contribution >= 4 is 12.2 Å². The first-order valence-corrected chi connectivity index (χ1v) is 11.9. The first-order chi connectivity index (χ1) is 14.2. The Bertz CT molecular complexity index is 759. The van der Waals surface area contributed by atoms with Gasteiger partial charge >= 0.3 is 0 Å². The summed E-state index contributed by atoms with van der Waals surface area (Å²) in [7, 11) is 0. The molecule has 7 nitrogen and oxygen atoms in total. The zero-order valence-corrected chi connectivity index (χ0v) is 18.4. The summed E-state index contributed by atoms with van der Waals surface area (Å²) < 4.78 is 0. The summed E-state index contributed by atoms with van der Waals surface area (Å²) in [5.74, 6) is 1.88. The highest BCUT2D eigenvalue weighted by molar-refractivity contribution is 5.82. The molecular formula is C23H38N4O3. The minimum atomic E-state index is -1.13. The van der Waals surface area contributed by atoms with Gasteiger partial charge in [-0.15, -0.1) is 0 Å². The summed E-state index contributed by atoms with van der Waals surface area (Å²) in [4.78, 5) is 4.27. The van der Waals surface area contributed by atoms with Crippen molar-refractivity contribution in [1.29, 1.82) is 0 Å². The number of nitrogens with zero attached hydrogens (tertiary/aromatic N) is 2. The van der Waals surface area contributed by atoms with Gasteiger partial charge in [-0.3, -0.25) is 0 Å². The molecule has 0 unspecified atom stereocenters. The highest BCUT2D eigenvalue weighted by Crippen LogP contribution is 2.69. The van der Waals surface area contributed by atoms with E-state index < -0.39 is 16.6 Å². The van der Waals surface area contributed by atoms with Crippen molar-refractivity contribution in [3.8, 4) is 0 Å². The summed E-state index contributed by atoms with van der Waals surface area (Å²) >= 11 is 0. The second-order valence-electron chi connectivity index (χ2n) is 11.2. The lowest BCUT2D eigenvalue weighted by molar-refractivity contribution is -0.223. The van der Waals surface area contributed by atoms with E-state index in [9.17, 15) is 15.3 Å². The van der Waals surface area contributed by atoms with Crippen molar-refractivity contribution in [2.75, 3.05) is 13.1 Å². The van der Waals surface area contributed by atoms with Gasteiger partial charge in [0.05, 0.1) is 24.5 Å². The maximum absolute atomic E-state index is 12.1. The van der Waals surface area contributed by atoms with Crippen LogP contribution >= 0.6 is 0 Å². The first-order valence-electron chi connectivity index (χ1n) is 11.9. The molecule has 0 radical (unpaired) electrons. The van der Waals surface area contributed by atoms with E-state index in [1.165, 1.54) is 0 Å². The van der Waals surface area contributed by atoms with Crippen molar-refractivity contribution in [1.82, 2.24) is 10.7 Å². The van der Waals surface area contributed by atoms with Crippen LogP contribution in [0.5, 0.6) is 0 Å². The van der Waals surface area contributed by atoms with Crippen molar-refractivity contribution in [3.63, 3.8) is 0 Å². The van der Waals surface area contributed by atoms with Crippen molar-refractivity contribution < 1.29 is 15.3 Å². The second-order valence-corrected chi connectivity index (χ2v) is 11.2. The molecule has 0 saturated heterocycles. The Hall–Kier alpha value is -1.18. The number of fused-ring (bicyclic) bond motifs is 5. The molecule has 0 aromatic carbocycles. The van der Waals surface area contributed by atoms with E-state index in [0.29, 0.717) is 30.6 Å². The maximum atomic E-state index is 12.1. The molecular weight excluding hydrogens is 380 g/mol. The van der Waals surface area contributed by atoms with Crippen LogP contribution in [0.1, 0.15) is 71.6 Å². The third kappa shape index (κ3) is 2.74. The lowest BCUT2D eigenvalue weighted by atomic mass is 9.43. The van der Waals surface area contributed by atoms with Crippen LogP contribution < -0.4 is 10.7 Å². The average Bonchev–Trinajstić information content (AvgIpc) is 3.29. The summed E-state index contributed by atoms with van der Waals surface area (Å²) in [6.45, 7) is 6.03. The molecule has 7 heteroatoms. The Morgan fingerprint density at radius 2 is 1.90 bits per heavy atom. The third-order valence-electron chi connectivity index (χ3n) is 10.2. The SMILES string of the molecule is C[C@]12CC[C@H](O)C[C@H]1CC[C@@H]1[C@@H]2CC[C@]2(C)[C@@](O)(/C=N/NC3=NCCN3)CC[C@]12O. The normalized spacial score (nSPS) is 52.9. The van der Waals surface area contributed by atoms with Crippen LogP contribution in [-0.4, -0.2) is 57.9 Å². The van der Waals surface area contributed by atoms with Gasteiger partial charge in [0.25, 0.3) is 0 Å². The van der Waals surface area contributed by atoms with E-state index in [-0.39, 0.29) is 17.4 Å². The molecule has 4 saturated carbocycles. The fourth-order valence-electron chi connectivity index (χ4n) is 8.14. The fourth-order valence-corrected chi connectivity index (χ4v) is 8.14. The molecule has 5 rings (SSSR count). The highest BCUT2D eigenvalue weighted by Gasteiger charge is 2.71. The topological polar surface area (TPSA) is 109 Å². The van der Waals surface area contributed by atoms with E-state index in [0.717, 1.165) is 58.0 Å². The lowest BCUT2D eigenvalue weighted by Gasteiger charge is -2.64. The van der Waals surface area contributed by atoms with Gasteiger partial charge in [-0.25, -0.2) is 10.4 Å². The number of aliphatic hydroxyl groups excluding tert-OH is 1. The number of hydrogen-bond acceptors (Lipinski definition) is 7. The largest absolute Gasteiger partial charge is 0.393 e. The minimum absolute atomic E-state index is 0.157. The van der Waals surface area contributed by atoms with Gasteiger partial charge in [0.2, 0.25) is 5.96 Å². The van der Waals surface area contributed by atoms with Crippen LogP contribution in [0.4, 0.5) is 0 Å². The molecule has 0 spiro atoms. The number of hydrogen-bond donors (Lipinski definition) is 5. The Morgan fingerprint density at radius 1 is 1.07 bits per heavy atom. The fraction of sp³-hybridized carbons (Fsp3) is 0.913. The molecule has 5 N–H and O–H groups in total. The van der Waals surface area contributed by atoms with Crippen molar-refractivity contribution in [3.05, 3.63) is 0 Å². The number of hydrazone groups is 1. The maximum Gasteiger partial charge on any atom is 0.212 e. The zero-order chi connectivity index (χ0) is 21.2. The smallest absolute Gasteiger partial charge is 0.212 e. The highest BCUT2D eigenvalue weighted by atomic mass is 16.3. The number of guanidine groups is 1. The molecule has 8 atom stereocenters. The van der Waals surface area contributed by atoms with Crippen LogP contribution in [-0.2, 0) is 0 Å². The molecule has 0 aromatic rings. The predicted molar refractivity (Wildman–Crippen MR) is 116 cm³/mol. The molecule has 5 aliphatic rings. The van der Waals surface area contributed by atoms with Gasteiger partial charge in [0, 0.05) is 12.0 Å². The number of aliphatic imine (C=N–C) groups is 1. The van der Waals surface area contributed by atoms with Crippen LogP contribution in [0.15, 0.2) is 10.1 Å². The molecule has 0 bridgehead atoms. The van der Waals surface area contributed by atoms with Gasteiger partial charge in [0.15, 0.2) is 0 Å². The minimum Gasteiger partial charge on any atom is -0.393 e. The van der Waals surface area contributed by atoms with E-state index in [1.54, 1.807) is 6.21 Å². The first kappa shape index (κ1) is 20.7. The van der Waals surface area contributed by atoms with Crippen molar-refractivity contribution in [2.24, 2.45) is 38.7 Å². The Morgan fingerprint density at radius 3 is 2.67 bits per heavy atom. The van der Waals surface area contributed by atoms with E-state index in [1.807, 2.05) is 0 Å². The monoisotopic (exact) mass is 418 g/mol. The molecule has 4 aliphatic carbocycles. The van der Waals surface area contributed by atoms with Gasteiger partial charge in [-0.1, -0.05) is 13.8 Å². The van der Waals surface area contributed by atoms with Crippen LogP contribution in [0, 0.1) is 28.6 Å². The molecule has 1 heterocycles. The summed E-state index contributed by atoms with van der Waals surface area (Å²) in [6.07, 6.45) is 9.38.